The van der Waals surface area contributed by atoms with Crippen molar-refractivity contribution >= 4 is 5.69 Å². The van der Waals surface area contributed by atoms with Gasteiger partial charge in [-0.15, -0.1) is 0 Å². The predicted molar refractivity (Wildman–Crippen MR) is 71.4 cm³/mol. The van der Waals surface area contributed by atoms with Crippen molar-refractivity contribution < 1.29 is 0 Å². The topological polar surface area (TPSA) is 29.9 Å². The molecule has 0 bridgehead atoms. The molecule has 17 heavy (non-hydrogen) atoms. The Morgan fingerprint density at radius 1 is 1.12 bits per heavy atom. The molecule has 0 aliphatic carbocycles. The average Bonchev–Trinajstić information content (AvgIpc) is 2.63. The zero-order chi connectivity index (χ0) is 12.3. The van der Waals surface area contributed by atoms with Gasteiger partial charge in [-0.1, -0.05) is 6.07 Å². The van der Waals surface area contributed by atoms with Gasteiger partial charge in [0.25, 0.3) is 0 Å². The number of nitrogens with one attached hydrogen (secondary N) is 1. The van der Waals surface area contributed by atoms with Gasteiger partial charge in [0.1, 0.15) is 5.82 Å². The lowest BCUT2D eigenvalue weighted by molar-refractivity contribution is 0.701. The van der Waals surface area contributed by atoms with Crippen molar-refractivity contribution in [3.05, 3.63) is 47.5 Å². The summed E-state index contributed by atoms with van der Waals surface area (Å²) in [5, 5.41) is 3.44. The van der Waals surface area contributed by atoms with Gasteiger partial charge in [0.15, 0.2) is 0 Å². The molecule has 1 aromatic carbocycles. The number of nitrogens with zero attached hydrogens (tertiary/aromatic N) is 2. The van der Waals surface area contributed by atoms with Crippen molar-refractivity contribution in [2.45, 2.75) is 27.3 Å². The van der Waals surface area contributed by atoms with Crippen molar-refractivity contribution in [3.8, 4) is 0 Å². The number of benzene rings is 1. The SMILES string of the molecule is Cc1cc(C)cc(NCCn2ccnc2C)c1. The Kier molecular flexibility index (Phi) is 3.47. The van der Waals surface area contributed by atoms with Crippen molar-refractivity contribution in [2.75, 3.05) is 11.9 Å². The van der Waals surface area contributed by atoms with Crippen LogP contribution in [0.3, 0.4) is 0 Å². The van der Waals surface area contributed by atoms with E-state index in [2.05, 4.69) is 46.9 Å². The van der Waals surface area contributed by atoms with E-state index in [1.54, 1.807) is 0 Å². The van der Waals surface area contributed by atoms with Crippen molar-refractivity contribution in [1.82, 2.24) is 9.55 Å². The summed E-state index contributed by atoms with van der Waals surface area (Å²) in [5.41, 5.74) is 3.79. The molecule has 0 atom stereocenters. The van der Waals surface area contributed by atoms with E-state index in [-0.39, 0.29) is 0 Å². The third-order valence-corrected chi connectivity index (χ3v) is 2.83. The normalized spacial score (nSPS) is 10.5. The zero-order valence-electron chi connectivity index (χ0n) is 10.7. The van der Waals surface area contributed by atoms with Crippen LogP contribution in [0.15, 0.2) is 30.6 Å². The lowest BCUT2D eigenvalue weighted by atomic mass is 10.1. The highest BCUT2D eigenvalue weighted by Gasteiger charge is 1.97. The van der Waals surface area contributed by atoms with Gasteiger partial charge in [0.05, 0.1) is 0 Å². The number of rotatable bonds is 4. The lowest BCUT2D eigenvalue weighted by Crippen LogP contribution is -2.11. The van der Waals surface area contributed by atoms with E-state index >= 15 is 0 Å². The van der Waals surface area contributed by atoms with Crippen LogP contribution in [0.2, 0.25) is 0 Å². The molecule has 1 N–H and O–H groups in total. The summed E-state index contributed by atoms with van der Waals surface area (Å²) in [6.07, 6.45) is 3.85. The molecule has 0 unspecified atom stereocenters. The number of imidazole rings is 1. The molecule has 3 nitrogen and oxygen atoms in total. The molecule has 0 saturated carbocycles. The maximum Gasteiger partial charge on any atom is 0.105 e. The van der Waals surface area contributed by atoms with E-state index in [4.69, 9.17) is 0 Å². The third-order valence-electron chi connectivity index (χ3n) is 2.83. The summed E-state index contributed by atoms with van der Waals surface area (Å²) >= 11 is 0. The lowest BCUT2D eigenvalue weighted by Gasteiger charge is -2.10. The van der Waals surface area contributed by atoms with Crippen LogP contribution in [-0.4, -0.2) is 16.1 Å². The van der Waals surface area contributed by atoms with Crippen LogP contribution in [-0.2, 0) is 6.54 Å². The molecule has 2 aromatic rings. The fourth-order valence-corrected chi connectivity index (χ4v) is 2.04. The molecular weight excluding hydrogens is 210 g/mol. The minimum absolute atomic E-state index is 0.917. The molecule has 2 rings (SSSR count). The van der Waals surface area contributed by atoms with E-state index in [0.717, 1.165) is 18.9 Å². The van der Waals surface area contributed by atoms with E-state index in [1.807, 2.05) is 19.3 Å². The molecular formula is C14H19N3. The Hall–Kier alpha value is -1.77. The Labute approximate surface area is 103 Å². The first kappa shape index (κ1) is 11.7. The molecule has 90 valence electrons. The first-order chi connectivity index (χ1) is 8.15. The molecule has 0 saturated heterocycles. The van der Waals surface area contributed by atoms with Crippen LogP contribution in [0.5, 0.6) is 0 Å². The monoisotopic (exact) mass is 229 g/mol. The molecule has 0 fully saturated rings. The number of hydrogen-bond donors (Lipinski definition) is 1. The number of aromatic nitrogens is 2. The summed E-state index contributed by atoms with van der Waals surface area (Å²) in [4.78, 5) is 4.21. The number of anilines is 1. The quantitative estimate of drug-likeness (QED) is 0.873. The highest BCUT2D eigenvalue weighted by molar-refractivity contribution is 5.48. The Bertz CT molecular complexity index is 480. The van der Waals surface area contributed by atoms with Crippen LogP contribution in [0.1, 0.15) is 17.0 Å². The summed E-state index contributed by atoms with van der Waals surface area (Å²) in [6, 6.07) is 6.53. The molecule has 0 spiro atoms. The number of aryl methyl sites for hydroxylation is 3. The highest BCUT2D eigenvalue weighted by atomic mass is 15.1. The minimum atomic E-state index is 0.917. The molecule has 1 heterocycles. The van der Waals surface area contributed by atoms with Crippen LogP contribution >= 0.6 is 0 Å². The summed E-state index contributed by atoms with van der Waals surface area (Å²) < 4.78 is 2.15. The zero-order valence-corrected chi connectivity index (χ0v) is 10.7. The van der Waals surface area contributed by atoms with E-state index in [0.29, 0.717) is 0 Å². The average molecular weight is 229 g/mol. The van der Waals surface area contributed by atoms with Crippen LogP contribution in [0, 0.1) is 20.8 Å². The molecule has 1 aromatic heterocycles. The minimum Gasteiger partial charge on any atom is -0.383 e. The van der Waals surface area contributed by atoms with E-state index < -0.39 is 0 Å². The molecule has 0 aliphatic heterocycles. The summed E-state index contributed by atoms with van der Waals surface area (Å²) in [5.74, 6) is 1.06. The second kappa shape index (κ2) is 5.04. The standard InChI is InChI=1S/C14H19N3/c1-11-8-12(2)10-14(9-11)16-5-7-17-6-4-15-13(17)3/h4,6,8-10,16H,5,7H2,1-3H3. The summed E-state index contributed by atoms with van der Waals surface area (Å²) in [7, 11) is 0. The smallest absolute Gasteiger partial charge is 0.105 e. The fraction of sp³-hybridized carbons (Fsp3) is 0.357. The summed E-state index contributed by atoms with van der Waals surface area (Å²) in [6.45, 7) is 8.13. The number of hydrogen-bond acceptors (Lipinski definition) is 2. The van der Waals surface area contributed by atoms with Gasteiger partial charge in [-0.05, 0) is 44.0 Å². The van der Waals surface area contributed by atoms with Crippen LogP contribution in [0.4, 0.5) is 5.69 Å². The molecule has 0 amide bonds. The van der Waals surface area contributed by atoms with Gasteiger partial charge < -0.3 is 9.88 Å². The van der Waals surface area contributed by atoms with Crippen molar-refractivity contribution in [3.63, 3.8) is 0 Å². The van der Waals surface area contributed by atoms with E-state index in [9.17, 15) is 0 Å². The first-order valence-corrected chi connectivity index (χ1v) is 5.95. The van der Waals surface area contributed by atoms with Gasteiger partial charge in [-0.2, -0.15) is 0 Å². The van der Waals surface area contributed by atoms with Crippen LogP contribution in [0.25, 0.3) is 0 Å². The fourth-order valence-electron chi connectivity index (χ4n) is 2.04. The van der Waals surface area contributed by atoms with Crippen molar-refractivity contribution in [1.29, 1.82) is 0 Å². The highest BCUT2D eigenvalue weighted by Crippen LogP contribution is 2.13. The maximum atomic E-state index is 4.21. The van der Waals surface area contributed by atoms with Crippen molar-refractivity contribution in [2.24, 2.45) is 0 Å². The van der Waals surface area contributed by atoms with Gasteiger partial charge in [0.2, 0.25) is 0 Å². The third kappa shape index (κ3) is 3.09. The molecule has 0 radical (unpaired) electrons. The largest absolute Gasteiger partial charge is 0.383 e. The first-order valence-electron chi connectivity index (χ1n) is 5.95. The Morgan fingerprint density at radius 3 is 2.41 bits per heavy atom. The Balaban J connectivity index is 1.92. The molecule has 3 heteroatoms. The maximum absolute atomic E-state index is 4.21. The van der Waals surface area contributed by atoms with Gasteiger partial charge >= 0.3 is 0 Å². The van der Waals surface area contributed by atoms with Gasteiger partial charge in [0, 0.05) is 31.2 Å². The van der Waals surface area contributed by atoms with Crippen LogP contribution < -0.4 is 5.32 Å². The molecule has 0 aliphatic rings. The second-order valence-corrected chi connectivity index (χ2v) is 4.47. The second-order valence-electron chi connectivity index (χ2n) is 4.47. The predicted octanol–water partition coefficient (Wildman–Crippen LogP) is 2.92. The van der Waals surface area contributed by atoms with E-state index in [1.165, 1.54) is 16.8 Å². The Morgan fingerprint density at radius 2 is 1.82 bits per heavy atom. The van der Waals surface area contributed by atoms with Gasteiger partial charge in [-0.25, -0.2) is 4.98 Å². The van der Waals surface area contributed by atoms with Gasteiger partial charge in [-0.3, -0.25) is 0 Å².